The zero-order valence-electron chi connectivity index (χ0n) is 9.98. The molecule has 0 aliphatic heterocycles. The summed E-state index contributed by atoms with van der Waals surface area (Å²) < 4.78 is 1.10. The zero-order chi connectivity index (χ0) is 11.9. The van der Waals surface area contributed by atoms with Gasteiger partial charge >= 0.3 is 0 Å². The Hall–Kier alpha value is -1.09. The van der Waals surface area contributed by atoms with Crippen molar-refractivity contribution in [3.63, 3.8) is 0 Å². The lowest BCUT2D eigenvalue weighted by Crippen LogP contribution is -1.99. The number of nitrogens with zero attached hydrogens (tertiary/aromatic N) is 1. The van der Waals surface area contributed by atoms with Crippen LogP contribution in [0.2, 0.25) is 0 Å². The van der Waals surface area contributed by atoms with Crippen molar-refractivity contribution in [3.8, 4) is 0 Å². The number of nitrogens with one attached hydrogen (secondary N) is 1. The molecule has 84 valence electrons. The molecule has 1 N–H and O–H groups in total. The van der Waals surface area contributed by atoms with Crippen molar-refractivity contribution in [1.29, 1.82) is 0 Å². The summed E-state index contributed by atoms with van der Waals surface area (Å²) in [5.74, 6) is 0. The smallest absolute Gasteiger partial charge is 0.0756 e. The van der Waals surface area contributed by atoms with E-state index in [2.05, 4.69) is 59.1 Å². The molecule has 0 fully saturated rings. The van der Waals surface area contributed by atoms with Crippen LogP contribution >= 0.6 is 15.9 Å². The van der Waals surface area contributed by atoms with Crippen molar-refractivity contribution in [2.24, 2.45) is 0 Å². The highest BCUT2D eigenvalue weighted by Gasteiger charge is 2.10. The van der Waals surface area contributed by atoms with Crippen LogP contribution in [0.1, 0.15) is 16.8 Å². The summed E-state index contributed by atoms with van der Waals surface area (Å²) in [4.78, 5) is 4.66. The Bertz CT molecular complexity index is 562. The molecular formula is C13H15BrN2. The first kappa shape index (κ1) is 11.4. The van der Waals surface area contributed by atoms with Crippen molar-refractivity contribution < 1.29 is 0 Å². The Kier molecular flexibility index (Phi) is 2.89. The van der Waals surface area contributed by atoms with Crippen molar-refractivity contribution in [3.05, 3.63) is 33.4 Å². The van der Waals surface area contributed by atoms with Gasteiger partial charge in [-0.05, 0) is 44.0 Å². The summed E-state index contributed by atoms with van der Waals surface area (Å²) in [5.41, 5.74) is 5.75. The van der Waals surface area contributed by atoms with Gasteiger partial charge in [0.2, 0.25) is 0 Å². The zero-order valence-corrected chi connectivity index (χ0v) is 11.6. The molecule has 3 heteroatoms. The highest BCUT2D eigenvalue weighted by Crippen LogP contribution is 2.31. The average Bonchev–Trinajstić information content (AvgIpc) is 2.22. The molecular weight excluding hydrogens is 264 g/mol. The lowest BCUT2D eigenvalue weighted by atomic mass is 10.0. The van der Waals surface area contributed by atoms with Gasteiger partial charge in [0, 0.05) is 28.3 Å². The molecule has 0 saturated heterocycles. The lowest BCUT2D eigenvalue weighted by Gasteiger charge is -2.13. The minimum atomic E-state index is 1.08. The number of hydrogen-bond acceptors (Lipinski definition) is 2. The number of fused-ring (bicyclic) bond motifs is 1. The van der Waals surface area contributed by atoms with Crippen LogP contribution in [0.25, 0.3) is 10.9 Å². The van der Waals surface area contributed by atoms with Crippen molar-refractivity contribution in [2.45, 2.75) is 20.8 Å². The van der Waals surface area contributed by atoms with E-state index in [-0.39, 0.29) is 0 Å². The maximum atomic E-state index is 4.66. The van der Waals surface area contributed by atoms with Crippen LogP contribution in [0.5, 0.6) is 0 Å². The van der Waals surface area contributed by atoms with Crippen LogP contribution in [0.15, 0.2) is 16.6 Å². The first-order valence-electron chi connectivity index (χ1n) is 5.29. The van der Waals surface area contributed by atoms with Gasteiger partial charge < -0.3 is 5.32 Å². The molecule has 1 aromatic heterocycles. The molecule has 0 aliphatic rings. The van der Waals surface area contributed by atoms with E-state index in [1.807, 2.05) is 7.05 Å². The lowest BCUT2D eigenvalue weighted by molar-refractivity contribution is 1.18. The summed E-state index contributed by atoms with van der Waals surface area (Å²) >= 11 is 3.53. The molecule has 0 spiro atoms. The summed E-state index contributed by atoms with van der Waals surface area (Å²) in [7, 11) is 1.96. The Morgan fingerprint density at radius 1 is 1.19 bits per heavy atom. The average molecular weight is 279 g/mol. The molecule has 0 amide bonds. The van der Waals surface area contributed by atoms with Crippen LogP contribution in [0.3, 0.4) is 0 Å². The van der Waals surface area contributed by atoms with Gasteiger partial charge in [0.1, 0.15) is 0 Å². The molecule has 2 aromatic rings. The van der Waals surface area contributed by atoms with E-state index < -0.39 is 0 Å². The third kappa shape index (κ3) is 1.69. The number of aryl methyl sites for hydroxylation is 2. The van der Waals surface area contributed by atoms with E-state index in [9.17, 15) is 0 Å². The number of benzene rings is 1. The minimum absolute atomic E-state index is 1.08. The molecule has 0 saturated carbocycles. The van der Waals surface area contributed by atoms with Gasteiger partial charge in [-0.2, -0.15) is 0 Å². The van der Waals surface area contributed by atoms with Crippen molar-refractivity contribution >= 4 is 32.5 Å². The monoisotopic (exact) mass is 278 g/mol. The Balaban J connectivity index is 2.96. The standard InChI is InChI=1S/C13H15BrN2/c1-7-5-10(14)6-11-12(7)16-9(3)8(2)13(11)15-4/h5-6H,1-4H3,(H,15,16). The normalized spacial score (nSPS) is 10.8. The summed E-state index contributed by atoms with van der Waals surface area (Å²) in [6.45, 7) is 6.25. The fourth-order valence-electron chi connectivity index (χ4n) is 2.03. The minimum Gasteiger partial charge on any atom is -0.387 e. The first-order valence-corrected chi connectivity index (χ1v) is 6.08. The molecule has 2 rings (SSSR count). The van der Waals surface area contributed by atoms with Crippen LogP contribution in [-0.2, 0) is 0 Å². The second kappa shape index (κ2) is 4.06. The maximum Gasteiger partial charge on any atom is 0.0756 e. The summed E-state index contributed by atoms with van der Waals surface area (Å²) in [6, 6.07) is 4.22. The largest absolute Gasteiger partial charge is 0.387 e. The van der Waals surface area contributed by atoms with Crippen molar-refractivity contribution in [2.75, 3.05) is 12.4 Å². The van der Waals surface area contributed by atoms with Crippen LogP contribution in [0.4, 0.5) is 5.69 Å². The van der Waals surface area contributed by atoms with E-state index in [1.54, 1.807) is 0 Å². The molecule has 0 radical (unpaired) electrons. The Morgan fingerprint density at radius 2 is 1.88 bits per heavy atom. The molecule has 0 aliphatic carbocycles. The fourth-order valence-corrected chi connectivity index (χ4v) is 2.60. The van der Waals surface area contributed by atoms with Crippen LogP contribution in [0, 0.1) is 20.8 Å². The van der Waals surface area contributed by atoms with Gasteiger partial charge in [-0.25, -0.2) is 0 Å². The molecule has 0 unspecified atom stereocenters. The predicted octanol–water partition coefficient (Wildman–Crippen LogP) is 3.96. The van der Waals surface area contributed by atoms with Gasteiger partial charge in [-0.15, -0.1) is 0 Å². The number of halogens is 1. The highest BCUT2D eigenvalue weighted by molar-refractivity contribution is 9.10. The molecule has 1 aromatic carbocycles. The van der Waals surface area contributed by atoms with Crippen molar-refractivity contribution in [1.82, 2.24) is 4.98 Å². The topological polar surface area (TPSA) is 24.9 Å². The maximum absolute atomic E-state index is 4.66. The third-order valence-corrected chi connectivity index (χ3v) is 3.44. The summed E-state index contributed by atoms with van der Waals surface area (Å²) in [5, 5.41) is 4.45. The number of aromatic nitrogens is 1. The van der Waals surface area contributed by atoms with Crippen LogP contribution in [-0.4, -0.2) is 12.0 Å². The number of rotatable bonds is 1. The highest BCUT2D eigenvalue weighted by atomic mass is 79.9. The Labute approximate surface area is 104 Å². The van der Waals surface area contributed by atoms with E-state index in [0.29, 0.717) is 0 Å². The predicted molar refractivity (Wildman–Crippen MR) is 73.2 cm³/mol. The molecule has 0 atom stereocenters. The molecule has 16 heavy (non-hydrogen) atoms. The first-order chi connectivity index (χ1) is 7.54. The van der Waals surface area contributed by atoms with Gasteiger partial charge in [0.05, 0.1) is 5.52 Å². The van der Waals surface area contributed by atoms with Gasteiger partial charge in [-0.1, -0.05) is 15.9 Å². The number of anilines is 1. The van der Waals surface area contributed by atoms with Crippen LogP contribution < -0.4 is 5.32 Å². The fraction of sp³-hybridized carbons (Fsp3) is 0.308. The second-order valence-corrected chi connectivity index (χ2v) is 4.98. The second-order valence-electron chi connectivity index (χ2n) is 4.07. The summed E-state index contributed by atoms with van der Waals surface area (Å²) in [6.07, 6.45) is 0. The van der Waals surface area contributed by atoms with E-state index in [4.69, 9.17) is 0 Å². The Morgan fingerprint density at radius 3 is 2.50 bits per heavy atom. The number of pyridine rings is 1. The molecule has 0 bridgehead atoms. The van der Waals surface area contributed by atoms with E-state index in [1.165, 1.54) is 22.2 Å². The number of hydrogen-bond donors (Lipinski definition) is 1. The quantitative estimate of drug-likeness (QED) is 0.854. The third-order valence-electron chi connectivity index (χ3n) is 2.98. The molecule has 1 heterocycles. The van der Waals surface area contributed by atoms with Gasteiger partial charge in [-0.3, -0.25) is 4.98 Å². The SMILES string of the molecule is CNc1c(C)c(C)nc2c(C)cc(Br)cc12. The molecule has 2 nitrogen and oxygen atoms in total. The van der Waals surface area contributed by atoms with Gasteiger partial charge in [0.25, 0.3) is 0 Å². The van der Waals surface area contributed by atoms with E-state index in [0.717, 1.165) is 15.7 Å². The van der Waals surface area contributed by atoms with Gasteiger partial charge in [0.15, 0.2) is 0 Å². The van der Waals surface area contributed by atoms with E-state index >= 15 is 0 Å².